The number of piperazine rings is 1. The molecule has 6 nitrogen and oxygen atoms in total. The lowest BCUT2D eigenvalue weighted by Gasteiger charge is -2.33. The van der Waals surface area contributed by atoms with Crippen molar-refractivity contribution in [1.29, 1.82) is 0 Å². The summed E-state index contributed by atoms with van der Waals surface area (Å²) in [6.45, 7) is 1.51. The Bertz CT molecular complexity index is 927. The number of halogens is 2. The number of sulfonamides is 1. The number of amides is 1. The maximum absolute atomic E-state index is 13.5. The van der Waals surface area contributed by atoms with Crippen LogP contribution in [0.5, 0.6) is 5.75 Å². The Kier molecular flexibility index (Phi) is 7.08. The largest absolute Gasteiger partial charge is 0.491 e. The molecule has 1 aliphatic heterocycles. The zero-order valence-electron chi connectivity index (χ0n) is 15.0. The Balaban J connectivity index is 1.43. The highest BCUT2D eigenvalue weighted by molar-refractivity contribution is 9.11. The second-order valence-corrected chi connectivity index (χ2v) is 10.9. The van der Waals surface area contributed by atoms with E-state index < -0.39 is 15.8 Å². The fraction of sp³-hybridized carbons (Fsp3) is 0.389. The fourth-order valence-corrected chi connectivity index (χ4v) is 6.45. The Morgan fingerprint density at radius 3 is 2.50 bits per heavy atom. The molecule has 2 aromatic rings. The molecule has 0 atom stereocenters. The number of carbonyl (C=O) groups excluding carboxylic acids is 1. The maximum atomic E-state index is 13.5. The minimum Gasteiger partial charge on any atom is -0.491 e. The predicted octanol–water partition coefficient (Wildman–Crippen LogP) is 3.34. The van der Waals surface area contributed by atoms with Crippen molar-refractivity contribution in [3.05, 3.63) is 46.0 Å². The van der Waals surface area contributed by atoms with Gasteiger partial charge in [-0.15, -0.1) is 11.3 Å². The van der Waals surface area contributed by atoms with Crippen LogP contribution in [0, 0.1) is 5.82 Å². The van der Waals surface area contributed by atoms with E-state index in [4.69, 9.17) is 4.74 Å². The van der Waals surface area contributed by atoms with E-state index in [1.165, 1.54) is 21.7 Å². The third kappa shape index (κ3) is 5.11. The summed E-state index contributed by atoms with van der Waals surface area (Å²) in [7, 11) is -3.52. The molecule has 1 aromatic heterocycles. The number of para-hydroxylation sites is 1. The highest BCUT2D eigenvalue weighted by Crippen LogP contribution is 2.29. The summed E-state index contributed by atoms with van der Waals surface area (Å²) in [6.07, 6.45) is 0.744. The molecule has 3 rings (SSSR count). The fourth-order valence-electron chi connectivity index (χ4n) is 2.87. The minimum absolute atomic E-state index is 0.0481. The molecule has 10 heteroatoms. The van der Waals surface area contributed by atoms with E-state index in [0.717, 1.165) is 3.79 Å². The molecule has 0 aliphatic carbocycles. The highest BCUT2D eigenvalue weighted by Gasteiger charge is 2.30. The first-order valence-corrected chi connectivity index (χ1v) is 11.8. The molecule has 0 saturated carbocycles. The minimum atomic E-state index is -3.52. The number of hydrogen-bond donors (Lipinski definition) is 0. The van der Waals surface area contributed by atoms with Crippen molar-refractivity contribution in [2.24, 2.45) is 0 Å². The highest BCUT2D eigenvalue weighted by atomic mass is 79.9. The molecular formula is C18H20BrFN2O4S2. The maximum Gasteiger partial charge on any atom is 0.252 e. The van der Waals surface area contributed by atoms with E-state index in [0.29, 0.717) is 23.7 Å². The summed E-state index contributed by atoms with van der Waals surface area (Å²) in [5.41, 5.74) is 0. The molecule has 0 N–H and O–H groups in total. The topological polar surface area (TPSA) is 66.9 Å². The normalized spacial score (nSPS) is 15.6. The average Bonchev–Trinajstić information content (AvgIpc) is 3.14. The second-order valence-electron chi connectivity index (χ2n) is 6.23. The van der Waals surface area contributed by atoms with Gasteiger partial charge in [0, 0.05) is 32.6 Å². The number of benzene rings is 1. The SMILES string of the molecule is O=C(CCCOc1ccccc1F)N1CCN(S(=O)(=O)c2ccc(Br)s2)CC1. The Morgan fingerprint density at radius 2 is 1.86 bits per heavy atom. The quantitative estimate of drug-likeness (QED) is 0.558. The summed E-state index contributed by atoms with van der Waals surface area (Å²) in [6, 6.07) is 9.43. The van der Waals surface area contributed by atoms with E-state index >= 15 is 0 Å². The van der Waals surface area contributed by atoms with E-state index in [9.17, 15) is 17.6 Å². The summed E-state index contributed by atoms with van der Waals surface area (Å²) >= 11 is 4.45. The molecule has 0 unspecified atom stereocenters. The van der Waals surface area contributed by atoms with E-state index in [-0.39, 0.29) is 37.8 Å². The Hall–Kier alpha value is -1.49. The van der Waals surface area contributed by atoms with E-state index in [1.807, 2.05) is 0 Å². The van der Waals surface area contributed by atoms with Crippen molar-refractivity contribution in [2.75, 3.05) is 32.8 Å². The van der Waals surface area contributed by atoms with Crippen molar-refractivity contribution in [1.82, 2.24) is 9.21 Å². The Labute approximate surface area is 176 Å². The van der Waals surface area contributed by atoms with Crippen LogP contribution in [0.3, 0.4) is 0 Å². The molecule has 0 spiro atoms. The molecule has 1 aromatic carbocycles. The summed E-state index contributed by atoms with van der Waals surface area (Å²) in [4.78, 5) is 14.0. The lowest BCUT2D eigenvalue weighted by atomic mass is 10.2. The molecule has 1 amide bonds. The van der Waals surface area contributed by atoms with Gasteiger partial charge in [-0.05, 0) is 46.6 Å². The van der Waals surface area contributed by atoms with Crippen LogP contribution in [0.2, 0.25) is 0 Å². The molecule has 152 valence electrons. The van der Waals surface area contributed by atoms with E-state index in [1.54, 1.807) is 35.2 Å². The van der Waals surface area contributed by atoms with Gasteiger partial charge in [-0.1, -0.05) is 12.1 Å². The van der Waals surface area contributed by atoms with Crippen LogP contribution in [0.25, 0.3) is 0 Å². The summed E-state index contributed by atoms with van der Waals surface area (Å²) < 4.78 is 46.5. The summed E-state index contributed by atoms with van der Waals surface area (Å²) in [5.74, 6) is -0.300. The van der Waals surface area contributed by atoms with Gasteiger partial charge in [-0.25, -0.2) is 12.8 Å². The zero-order valence-corrected chi connectivity index (χ0v) is 18.2. The molecule has 1 fully saturated rings. The number of hydrogen-bond acceptors (Lipinski definition) is 5. The van der Waals surface area contributed by atoms with Crippen LogP contribution in [0.1, 0.15) is 12.8 Å². The van der Waals surface area contributed by atoms with Crippen molar-refractivity contribution in [2.45, 2.75) is 17.1 Å². The Morgan fingerprint density at radius 1 is 1.14 bits per heavy atom. The molecule has 0 radical (unpaired) electrons. The smallest absolute Gasteiger partial charge is 0.252 e. The first-order valence-electron chi connectivity index (χ1n) is 8.78. The van der Waals surface area contributed by atoms with Crippen LogP contribution >= 0.6 is 27.3 Å². The lowest BCUT2D eigenvalue weighted by Crippen LogP contribution is -2.50. The van der Waals surface area contributed by atoms with Crippen LogP contribution in [0.15, 0.2) is 44.4 Å². The molecule has 2 heterocycles. The number of thiophene rings is 1. The van der Waals surface area contributed by atoms with E-state index in [2.05, 4.69) is 15.9 Å². The number of nitrogens with zero attached hydrogens (tertiary/aromatic N) is 2. The molecule has 1 aliphatic rings. The van der Waals surface area contributed by atoms with Crippen LogP contribution in [-0.4, -0.2) is 56.3 Å². The molecule has 1 saturated heterocycles. The average molecular weight is 491 g/mol. The number of carbonyl (C=O) groups is 1. The van der Waals surface area contributed by atoms with Gasteiger partial charge in [0.15, 0.2) is 11.6 Å². The molecule has 28 heavy (non-hydrogen) atoms. The third-order valence-corrected chi connectivity index (χ3v) is 8.35. The molecular weight excluding hydrogens is 471 g/mol. The van der Waals surface area contributed by atoms with Gasteiger partial charge in [0.2, 0.25) is 5.91 Å². The van der Waals surface area contributed by atoms with Crippen molar-refractivity contribution in [3.8, 4) is 5.75 Å². The van der Waals surface area contributed by atoms with Crippen molar-refractivity contribution < 1.29 is 22.3 Å². The van der Waals surface area contributed by atoms with Gasteiger partial charge in [0.1, 0.15) is 4.21 Å². The molecule has 0 bridgehead atoms. The second kappa shape index (κ2) is 9.34. The van der Waals surface area contributed by atoms with Gasteiger partial charge in [-0.3, -0.25) is 4.79 Å². The predicted molar refractivity (Wildman–Crippen MR) is 108 cm³/mol. The standard InChI is InChI=1S/C18H20BrFN2O4S2/c19-16-7-8-18(27-16)28(24,25)22-11-9-21(10-12-22)17(23)6-3-13-26-15-5-2-1-4-14(15)20/h1-2,4-5,7-8H,3,6,9-13H2. The van der Waals surface area contributed by atoms with Crippen LogP contribution in [-0.2, 0) is 14.8 Å². The van der Waals surface area contributed by atoms with Gasteiger partial charge in [0.05, 0.1) is 10.4 Å². The number of ether oxygens (including phenoxy) is 1. The van der Waals surface area contributed by atoms with Gasteiger partial charge >= 0.3 is 0 Å². The first-order chi connectivity index (χ1) is 13.4. The van der Waals surface area contributed by atoms with Gasteiger partial charge in [-0.2, -0.15) is 4.31 Å². The van der Waals surface area contributed by atoms with Gasteiger partial charge < -0.3 is 9.64 Å². The van der Waals surface area contributed by atoms with Gasteiger partial charge in [0.25, 0.3) is 10.0 Å². The van der Waals surface area contributed by atoms with Crippen LogP contribution < -0.4 is 4.74 Å². The zero-order chi connectivity index (χ0) is 20.1. The first kappa shape index (κ1) is 21.2. The third-order valence-electron chi connectivity index (χ3n) is 4.36. The summed E-state index contributed by atoms with van der Waals surface area (Å²) in [5, 5.41) is 0. The number of rotatable bonds is 7. The monoisotopic (exact) mass is 490 g/mol. The van der Waals surface area contributed by atoms with Crippen molar-refractivity contribution >= 4 is 43.2 Å². The van der Waals surface area contributed by atoms with Crippen molar-refractivity contribution in [3.63, 3.8) is 0 Å². The lowest BCUT2D eigenvalue weighted by molar-refractivity contribution is -0.132. The van der Waals surface area contributed by atoms with Crippen LogP contribution in [0.4, 0.5) is 4.39 Å².